The lowest BCUT2D eigenvalue weighted by Crippen LogP contribution is -2.46. The first-order chi connectivity index (χ1) is 8.66. The lowest BCUT2D eigenvalue weighted by atomic mass is 9.83. The molecule has 2 atom stereocenters. The number of rotatable bonds is 2. The number of nitrogens with one attached hydrogen (secondary N) is 1. The smallest absolute Gasteiger partial charge is 0.161 e. The first kappa shape index (κ1) is 11.8. The molecule has 0 heterocycles. The molecule has 0 bridgehead atoms. The standard InChI is InChI=1S/C14H19NO3/c16-12-7-5-9-10(14(12)18)4-6-11(13(9)17)15-8-2-1-3-8/h5,7-8,11,13,15-18H,1-4,6H2/t11-,13+/m0/s1. The van der Waals surface area contributed by atoms with Crippen LogP contribution in [0.3, 0.4) is 0 Å². The molecule has 4 nitrogen and oxygen atoms in total. The van der Waals surface area contributed by atoms with E-state index >= 15 is 0 Å². The average Bonchev–Trinajstić information content (AvgIpc) is 2.31. The molecule has 0 aliphatic heterocycles. The van der Waals surface area contributed by atoms with Crippen molar-refractivity contribution >= 4 is 0 Å². The molecular formula is C14H19NO3. The largest absolute Gasteiger partial charge is 0.504 e. The van der Waals surface area contributed by atoms with Crippen molar-refractivity contribution in [3.05, 3.63) is 23.3 Å². The molecule has 0 saturated heterocycles. The Labute approximate surface area is 106 Å². The summed E-state index contributed by atoms with van der Waals surface area (Å²) >= 11 is 0. The van der Waals surface area contributed by atoms with Crippen LogP contribution in [0.4, 0.5) is 0 Å². The zero-order valence-corrected chi connectivity index (χ0v) is 10.3. The predicted octanol–water partition coefficient (Wildman–Crippen LogP) is 1.59. The van der Waals surface area contributed by atoms with E-state index in [2.05, 4.69) is 5.32 Å². The summed E-state index contributed by atoms with van der Waals surface area (Å²) in [4.78, 5) is 0. The summed E-state index contributed by atoms with van der Waals surface area (Å²) < 4.78 is 0. The molecule has 0 amide bonds. The molecule has 98 valence electrons. The predicted molar refractivity (Wildman–Crippen MR) is 67.6 cm³/mol. The van der Waals surface area contributed by atoms with Crippen LogP contribution in [0.25, 0.3) is 0 Å². The molecule has 4 N–H and O–H groups in total. The van der Waals surface area contributed by atoms with Gasteiger partial charge in [0.15, 0.2) is 11.5 Å². The van der Waals surface area contributed by atoms with Gasteiger partial charge >= 0.3 is 0 Å². The van der Waals surface area contributed by atoms with Crippen LogP contribution >= 0.6 is 0 Å². The van der Waals surface area contributed by atoms with Gasteiger partial charge in [0.2, 0.25) is 0 Å². The van der Waals surface area contributed by atoms with Crippen molar-refractivity contribution in [1.82, 2.24) is 5.32 Å². The Balaban J connectivity index is 1.82. The maximum atomic E-state index is 10.3. The number of benzene rings is 1. The highest BCUT2D eigenvalue weighted by atomic mass is 16.3. The maximum absolute atomic E-state index is 10.3. The highest BCUT2D eigenvalue weighted by molar-refractivity contribution is 5.51. The second-order valence-electron chi connectivity index (χ2n) is 5.39. The lowest BCUT2D eigenvalue weighted by Gasteiger charge is -2.37. The number of fused-ring (bicyclic) bond motifs is 1. The fourth-order valence-corrected chi connectivity index (χ4v) is 2.91. The van der Waals surface area contributed by atoms with E-state index in [0.29, 0.717) is 18.0 Å². The van der Waals surface area contributed by atoms with Gasteiger partial charge in [0, 0.05) is 17.6 Å². The second-order valence-corrected chi connectivity index (χ2v) is 5.39. The molecule has 1 fully saturated rings. The van der Waals surface area contributed by atoms with Gasteiger partial charge in [-0.3, -0.25) is 0 Å². The number of aliphatic hydroxyl groups is 1. The Morgan fingerprint density at radius 1 is 1.11 bits per heavy atom. The fraction of sp³-hybridized carbons (Fsp3) is 0.571. The summed E-state index contributed by atoms with van der Waals surface area (Å²) in [6.45, 7) is 0. The van der Waals surface area contributed by atoms with Gasteiger partial charge in [0.1, 0.15) is 0 Å². The number of phenols is 2. The van der Waals surface area contributed by atoms with E-state index in [1.807, 2.05) is 0 Å². The fourth-order valence-electron chi connectivity index (χ4n) is 2.91. The number of hydrogen-bond donors (Lipinski definition) is 4. The van der Waals surface area contributed by atoms with Crippen LogP contribution in [0.1, 0.15) is 42.9 Å². The van der Waals surface area contributed by atoms with Gasteiger partial charge in [0.05, 0.1) is 6.10 Å². The molecule has 0 unspecified atom stereocenters. The quantitative estimate of drug-likeness (QED) is 0.601. The monoisotopic (exact) mass is 249 g/mol. The normalized spacial score (nSPS) is 27.6. The summed E-state index contributed by atoms with van der Waals surface area (Å²) in [5.74, 6) is -0.181. The topological polar surface area (TPSA) is 72.7 Å². The lowest BCUT2D eigenvalue weighted by molar-refractivity contribution is 0.0984. The van der Waals surface area contributed by atoms with Crippen molar-refractivity contribution in [1.29, 1.82) is 0 Å². The average molecular weight is 249 g/mol. The minimum Gasteiger partial charge on any atom is -0.504 e. The zero-order chi connectivity index (χ0) is 12.7. The SMILES string of the molecule is Oc1ccc2c(c1O)CC[C@H](NC1CCC1)[C@@H]2O. The Bertz CT molecular complexity index is 457. The van der Waals surface area contributed by atoms with E-state index in [4.69, 9.17) is 0 Å². The summed E-state index contributed by atoms with van der Waals surface area (Å²) in [6, 6.07) is 3.76. The third kappa shape index (κ3) is 1.85. The van der Waals surface area contributed by atoms with Gasteiger partial charge in [-0.15, -0.1) is 0 Å². The van der Waals surface area contributed by atoms with Crippen molar-refractivity contribution in [3.8, 4) is 11.5 Å². The van der Waals surface area contributed by atoms with Crippen LogP contribution in [-0.2, 0) is 6.42 Å². The molecule has 1 aromatic carbocycles. The van der Waals surface area contributed by atoms with Crippen LogP contribution in [0.2, 0.25) is 0 Å². The van der Waals surface area contributed by atoms with Gasteiger partial charge in [-0.1, -0.05) is 12.5 Å². The van der Waals surface area contributed by atoms with Gasteiger partial charge in [-0.2, -0.15) is 0 Å². The van der Waals surface area contributed by atoms with E-state index < -0.39 is 6.10 Å². The summed E-state index contributed by atoms with van der Waals surface area (Å²) in [5.41, 5.74) is 1.43. The van der Waals surface area contributed by atoms with Crippen molar-refractivity contribution in [2.24, 2.45) is 0 Å². The number of hydrogen-bond acceptors (Lipinski definition) is 4. The van der Waals surface area contributed by atoms with Crippen molar-refractivity contribution in [2.45, 2.75) is 50.3 Å². The van der Waals surface area contributed by atoms with Gasteiger partial charge in [-0.25, -0.2) is 0 Å². The Morgan fingerprint density at radius 3 is 2.56 bits per heavy atom. The van der Waals surface area contributed by atoms with Crippen LogP contribution < -0.4 is 5.32 Å². The molecule has 0 aromatic heterocycles. The van der Waals surface area contributed by atoms with Crippen LogP contribution in [0.5, 0.6) is 11.5 Å². The molecule has 0 radical (unpaired) electrons. The van der Waals surface area contributed by atoms with E-state index in [1.54, 1.807) is 6.07 Å². The molecular weight excluding hydrogens is 230 g/mol. The minimum atomic E-state index is -0.596. The van der Waals surface area contributed by atoms with Crippen molar-refractivity contribution in [2.75, 3.05) is 0 Å². The highest BCUT2D eigenvalue weighted by Gasteiger charge is 2.32. The minimum absolute atomic E-state index is 0.0618. The van der Waals surface area contributed by atoms with Crippen LogP contribution in [0, 0.1) is 0 Å². The van der Waals surface area contributed by atoms with Crippen LogP contribution in [0.15, 0.2) is 12.1 Å². The second kappa shape index (κ2) is 4.44. The molecule has 2 aliphatic rings. The molecule has 3 rings (SSSR count). The van der Waals surface area contributed by atoms with Gasteiger partial charge < -0.3 is 20.6 Å². The van der Waals surface area contributed by atoms with Crippen LogP contribution in [-0.4, -0.2) is 27.4 Å². The summed E-state index contributed by atoms with van der Waals surface area (Å²) in [6.07, 6.45) is 4.54. The van der Waals surface area contributed by atoms with E-state index in [0.717, 1.165) is 12.0 Å². The summed E-state index contributed by atoms with van der Waals surface area (Å²) in [7, 11) is 0. The molecule has 1 saturated carbocycles. The Kier molecular flexibility index (Phi) is 2.92. The van der Waals surface area contributed by atoms with E-state index in [1.165, 1.54) is 25.3 Å². The van der Waals surface area contributed by atoms with Crippen molar-refractivity contribution < 1.29 is 15.3 Å². The summed E-state index contributed by atoms with van der Waals surface area (Å²) in [5, 5.41) is 33.1. The first-order valence-corrected chi connectivity index (χ1v) is 6.64. The number of phenolic OH excluding ortho intramolecular Hbond substituents is 2. The number of aliphatic hydroxyl groups excluding tert-OH is 1. The van der Waals surface area contributed by atoms with E-state index in [-0.39, 0.29) is 17.5 Å². The van der Waals surface area contributed by atoms with Gasteiger partial charge in [0.25, 0.3) is 0 Å². The molecule has 0 spiro atoms. The number of aromatic hydroxyl groups is 2. The third-order valence-electron chi connectivity index (χ3n) is 4.26. The Morgan fingerprint density at radius 2 is 1.89 bits per heavy atom. The molecule has 4 heteroatoms. The molecule has 18 heavy (non-hydrogen) atoms. The zero-order valence-electron chi connectivity index (χ0n) is 10.3. The third-order valence-corrected chi connectivity index (χ3v) is 4.26. The first-order valence-electron chi connectivity index (χ1n) is 6.64. The van der Waals surface area contributed by atoms with Crippen molar-refractivity contribution in [3.63, 3.8) is 0 Å². The Hall–Kier alpha value is -1.26. The molecule has 2 aliphatic carbocycles. The molecule has 1 aromatic rings. The van der Waals surface area contributed by atoms with Gasteiger partial charge in [-0.05, 0) is 37.3 Å². The highest BCUT2D eigenvalue weighted by Crippen LogP contribution is 2.40. The van der Waals surface area contributed by atoms with E-state index in [9.17, 15) is 15.3 Å². The maximum Gasteiger partial charge on any atom is 0.161 e.